The number of hydrogen-bond acceptors (Lipinski definition) is 4. The molecule has 27 heavy (non-hydrogen) atoms. The Morgan fingerprint density at radius 1 is 1.26 bits per heavy atom. The number of carbonyl (C=O) groups excluding carboxylic acids is 1. The number of aromatic nitrogens is 1. The first-order chi connectivity index (χ1) is 12.9. The van der Waals surface area contributed by atoms with Crippen LogP contribution in [0.3, 0.4) is 0 Å². The molecule has 5 nitrogen and oxygen atoms in total. The smallest absolute Gasteiger partial charge is 0.410 e. The summed E-state index contributed by atoms with van der Waals surface area (Å²) in [6.45, 7) is 8.68. The summed E-state index contributed by atoms with van der Waals surface area (Å²) in [5.74, 6) is 0.416. The van der Waals surface area contributed by atoms with Crippen LogP contribution >= 0.6 is 0 Å². The van der Waals surface area contributed by atoms with Gasteiger partial charge in [0, 0.05) is 37.0 Å². The second kappa shape index (κ2) is 9.05. The molecule has 1 amide bonds. The highest BCUT2D eigenvalue weighted by atomic mass is 16.6. The lowest BCUT2D eigenvalue weighted by Gasteiger charge is -2.24. The van der Waals surface area contributed by atoms with E-state index >= 15 is 0 Å². The molecule has 1 aliphatic heterocycles. The summed E-state index contributed by atoms with van der Waals surface area (Å²) < 4.78 is 11.3. The van der Waals surface area contributed by atoms with Crippen molar-refractivity contribution in [2.24, 2.45) is 5.92 Å². The monoisotopic (exact) mass is 374 g/mol. The van der Waals surface area contributed by atoms with Crippen molar-refractivity contribution in [1.82, 2.24) is 9.88 Å². The standard InChI is InChI=1S/C22H34N2O3/c1-22(2,3)27-21(25)24-13-12-17(15-24)16-26-14-6-8-19-11-10-18-7-4-5-9-20(18)23-19/h10-11,17H,4-9,12-16H2,1-3H3/t17-/m1/s1. The lowest BCUT2D eigenvalue weighted by Crippen LogP contribution is -2.35. The summed E-state index contributed by atoms with van der Waals surface area (Å²) in [6.07, 6.45) is 7.65. The molecule has 150 valence electrons. The van der Waals surface area contributed by atoms with Crippen molar-refractivity contribution in [3.05, 3.63) is 29.1 Å². The highest BCUT2D eigenvalue weighted by molar-refractivity contribution is 5.68. The number of hydrogen-bond donors (Lipinski definition) is 0. The number of amides is 1. The summed E-state index contributed by atoms with van der Waals surface area (Å²) in [5.41, 5.74) is 3.51. The molecule has 5 heteroatoms. The first kappa shape index (κ1) is 20.1. The Labute approximate surface area is 163 Å². The van der Waals surface area contributed by atoms with Gasteiger partial charge < -0.3 is 14.4 Å². The van der Waals surface area contributed by atoms with E-state index in [-0.39, 0.29) is 6.09 Å². The molecule has 1 aromatic heterocycles. The second-order valence-electron chi connectivity index (χ2n) is 8.88. The van der Waals surface area contributed by atoms with Crippen LogP contribution in [-0.2, 0) is 28.7 Å². The third-order valence-electron chi connectivity index (χ3n) is 5.25. The SMILES string of the molecule is CC(C)(C)OC(=O)N1CC[C@@H](COCCCc2ccc3c(n2)CCCC3)C1. The van der Waals surface area contributed by atoms with Crippen LogP contribution in [0.4, 0.5) is 4.79 Å². The van der Waals surface area contributed by atoms with Gasteiger partial charge in [-0.25, -0.2) is 4.79 Å². The predicted octanol–water partition coefficient (Wildman–Crippen LogP) is 4.17. The highest BCUT2D eigenvalue weighted by Gasteiger charge is 2.29. The number of nitrogens with zero attached hydrogens (tertiary/aromatic N) is 2. The molecule has 0 aromatic carbocycles. The third-order valence-corrected chi connectivity index (χ3v) is 5.25. The Bertz CT molecular complexity index is 639. The van der Waals surface area contributed by atoms with Gasteiger partial charge in [-0.05, 0) is 77.3 Å². The summed E-state index contributed by atoms with van der Waals surface area (Å²) in [5, 5.41) is 0. The summed E-state index contributed by atoms with van der Waals surface area (Å²) >= 11 is 0. The number of fused-ring (bicyclic) bond motifs is 1. The highest BCUT2D eigenvalue weighted by Crippen LogP contribution is 2.21. The van der Waals surface area contributed by atoms with E-state index < -0.39 is 5.60 Å². The molecule has 0 saturated carbocycles. The van der Waals surface area contributed by atoms with E-state index in [4.69, 9.17) is 14.5 Å². The van der Waals surface area contributed by atoms with Crippen molar-refractivity contribution in [3.63, 3.8) is 0 Å². The van der Waals surface area contributed by atoms with Gasteiger partial charge in [-0.15, -0.1) is 0 Å². The molecule has 0 spiro atoms. The lowest BCUT2D eigenvalue weighted by atomic mass is 9.95. The van der Waals surface area contributed by atoms with Gasteiger partial charge in [0.05, 0.1) is 6.61 Å². The molecule has 3 rings (SSSR count). The van der Waals surface area contributed by atoms with Gasteiger partial charge in [0.1, 0.15) is 5.60 Å². The Balaban J connectivity index is 1.31. The zero-order valence-electron chi connectivity index (χ0n) is 17.1. The molecule has 2 aliphatic rings. The van der Waals surface area contributed by atoms with E-state index in [0.29, 0.717) is 5.92 Å². The molecule has 0 bridgehead atoms. The molecule has 0 unspecified atom stereocenters. The Morgan fingerprint density at radius 3 is 2.89 bits per heavy atom. The maximum Gasteiger partial charge on any atom is 0.410 e. The fourth-order valence-corrected chi connectivity index (χ4v) is 3.83. The summed E-state index contributed by atoms with van der Waals surface area (Å²) in [4.78, 5) is 18.7. The van der Waals surface area contributed by atoms with Crippen LogP contribution in [0.25, 0.3) is 0 Å². The molecule has 1 atom stereocenters. The Hall–Kier alpha value is -1.62. The number of rotatable bonds is 6. The number of pyridine rings is 1. The van der Waals surface area contributed by atoms with Crippen molar-refractivity contribution < 1.29 is 14.3 Å². The first-order valence-corrected chi connectivity index (χ1v) is 10.4. The van der Waals surface area contributed by atoms with Crippen molar-refractivity contribution in [2.45, 2.75) is 71.3 Å². The summed E-state index contributed by atoms with van der Waals surface area (Å²) in [6, 6.07) is 4.45. The van der Waals surface area contributed by atoms with Crippen LogP contribution < -0.4 is 0 Å². The second-order valence-corrected chi connectivity index (χ2v) is 8.88. The topological polar surface area (TPSA) is 51.7 Å². The van der Waals surface area contributed by atoms with E-state index in [2.05, 4.69) is 12.1 Å². The molecular weight excluding hydrogens is 340 g/mol. The van der Waals surface area contributed by atoms with Crippen molar-refractivity contribution in [1.29, 1.82) is 0 Å². The third kappa shape index (κ3) is 6.20. The molecule has 0 radical (unpaired) electrons. The van der Waals surface area contributed by atoms with Crippen LogP contribution in [0.1, 0.15) is 63.4 Å². The zero-order chi connectivity index (χ0) is 19.3. The van der Waals surface area contributed by atoms with E-state index in [0.717, 1.165) is 52.0 Å². The van der Waals surface area contributed by atoms with Gasteiger partial charge in [-0.1, -0.05) is 6.07 Å². The van der Waals surface area contributed by atoms with Gasteiger partial charge in [-0.3, -0.25) is 4.98 Å². The first-order valence-electron chi connectivity index (χ1n) is 10.4. The maximum absolute atomic E-state index is 12.1. The number of carbonyl (C=O) groups is 1. The summed E-state index contributed by atoms with van der Waals surface area (Å²) in [7, 11) is 0. The van der Waals surface area contributed by atoms with Crippen molar-refractivity contribution in [3.8, 4) is 0 Å². The van der Waals surface area contributed by atoms with Gasteiger partial charge in [0.25, 0.3) is 0 Å². The average Bonchev–Trinajstić information content (AvgIpc) is 3.09. The van der Waals surface area contributed by atoms with Crippen molar-refractivity contribution >= 4 is 6.09 Å². The van der Waals surface area contributed by atoms with Crippen LogP contribution in [-0.4, -0.2) is 47.9 Å². The molecule has 0 N–H and O–H groups in total. The van der Waals surface area contributed by atoms with Crippen LogP contribution in [0.2, 0.25) is 0 Å². The van der Waals surface area contributed by atoms with Gasteiger partial charge >= 0.3 is 6.09 Å². The molecule has 1 fully saturated rings. The molecule has 1 aliphatic carbocycles. The van der Waals surface area contributed by atoms with Crippen LogP contribution in [0.5, 0.6) is 0 Å². The van der Waals surface area contributed by atoms with E-state index in [1.165, 1.54) is 36.2 Å². The fourth-order valence-electron chi connectivity index (χ4n) is 3.83. The van der Waals surface area contributed by atoms with Crippen LogP contribution in [0.15, 0.2) is 12.1 Å². The molecule has 1 aromatic rings. The molecular formula is C22H34N2O3. The maximum atomic E-state index is 12.1. The Kier molecular flexibility index (Phi) is 6.74. The minimum absolute atomic E-state index is 0.205. The average molecular weight is 375 g/mol. The zero-order valence-corrected chi connectivity index (χ0v) is 17.1. The number of ether oxygens (including phenoxy) is 2. The van der Waals surface area contributed by atoms with E-state index in [9.17, 15) is 4.79 Å². The van der Waals surface area contributed by atoms with Crippen LogP contribution in [0, 0.1) is 5.92 Å². The lowest BCUT2D eigenvalue weighted by molar-refractivity contribution is 0.0274. The fraction of sp³-hybridized carbons (Fsp3) is 0.727. The number of aryl methyl sites for hydroxylation is 3. The largest absolute Gasteiger partial charge is 0.444 e. The van der Waals surface area contributed by atoms with Gasteiger partial charge in [-0.2, -0.15) is 0 Å². The van der Waals surface area contributed by atoms with E-state index in [1.54, 1.807) is 4.90 Å². The van der Waals surface area contributed by atoms with Gasteiger partial charge in [0.2, 0.25) is 0 Å². The van der Waals surface area contributed by atoms with Crippen molar-refractivity contribution in [2.75, 3.05) is 26.3 Å². The minimum Gasteiger partial charge on any atom is -0.444 e. The van der Waals surface area contributed by atoms with E-state index in [1.807, 2.05) is 20.8 Å². The predicted molar refractivity (Wildman–Crippen MR) is 106 cm³/mol. The normalized spacial score (nSPS) is 19.8. The molecule has 2 heterocycles. The number of likely N-dealkylation sites (tertiary alicyclic amines) is 1. The molecule has 1 saturated heterocycles. The minimum atomic E-state index is -0.434. The quantitative estimate of drug-likeness (QED) is 0.702. The Morgan fingerprint density at radius 2 is 2.07 bits per heavy atom. The van der Waals surface area contributed by atoms with Gasteiger partial charge in [0.15, 0.2) is 0 Å².